The normalized spacial score (nSPS) is 10.3. The molecule has 0 fully saturated rings. The zero-order valence-corrected chi connectivity index (χ0v) is 15.5. The number of anilines is 1. The monoisotopic (exact) mass is 390 g/mol. The Hall–Kier alpha value is -3.99. The van der Waals surface area contributed by atoms with E-state index in [4.69, 9.17) is 10.00 Å². The van der Waals surface area contributed by atoms with Gasteiger partial charge in [0.05, 0.1) is 30.7 Å². The number of benzene rings is 2. The maximum Gasteiger partial charge on any atom is 0.308 e. The molecule has 0 saturated heterocycles. The minimum absolute atomic E-state index is 0.0171. The van der Waals surface area contributed by atoms with Gasteiger partial charge < -0.3 is 4.74 Å². The zero-order valence-electron chi connectivity index (χ0n) is 15.5. The standard InChI is InChI=1S/C21H18N4O4/c22-11-13-24(16-6-2-1-3-7-16)20(27)15-29-21(28)10-12-25-18-9-5-4-8-17(18)19(26)14-23-25/h1-9,14H,10,12-13,15H2. The van der Waals surface area contributed by atoms with Crippen molar-refractivity contribution < 1.29 is 14.3 Å². The van der Waals surface area contributed by atoms with Crippen LogP contribution in [-0.4, -0.2) is 34.8 Å². The summed E-state index contributed by atoms with van der Waals surface area (Å²) in [5.41, 5.74) is 0.982. The minimum Gasteiger partial charge on any atom is -0.455 e. The highest BCUT2D eigenvalue weighted by Crippen LogP contribution is 2.13. The highest BCUT2D eigenvalue weighted by atomic mass is 16.5. The van der Waals surface area contributed by atoms with Crippen LogP contribution in [0.25, 0.3) is 10.9 Å². The Morgan fingerprint density at radius 2 is 1.83 bits per heavy atom. The second-order valence-corrected chi connectivity index (χ2v) is 6.13. The van der Waals surface area contributed by atoms with Crippen molar-refractivity contribution in [3.05, 3.63) is 71.0 Å². The fourth-order valence-electron chi connectivity index (χ4n) is 2.83. The average Bonchev–Trinajstić information content (AvgIpc) is 2.76. The van der Waals surface area contributed by atoms with Gasteiger partial charge in [0.15, 0.2) is 6.61 Å². The second kappa shape index (κ2) is 9.28. The van der Waals surface area contributed by atoms with Gasteiger partial charge in [-0.3, -0.25) is 24.0 Å². The topological polar surface area (TPSA) is 105 Å². The van der Waals surface area contributed by atoms with Crippen LogP contribution in [0.4, 0.5) is 5.69 Å². The van der Waals surface area contributed by atoms with E-state index in [1.807, 2.05) is 6.07 Å². The van der Waals surface area contributed by atoms with Gasteiger partial charge >= 0.3 is 5.97 Å². The summed E-state index contributed by atoms with van der Waals surface area (Å²) in [4.78, 5) is 37.6. The number of amides is 1. The van der Waals surface area contributed by atoms with Crippen LogP contribution in [0, 0.1) is 11.3 Å². The van der Waals surface area contributed by atoms with E-state index in [-0.39, 0.29) is 24.9 Å². The number of esters is 1. The van der Waals surface area contributed by atoms with Crippen LogP contribution in [0.2, 0.25) is 0 Å². The van der Waals surface area contributed by atoms with E-state index < -0.39 is 18.5 Å². The number of carbonyl (C=O) groups is 2. The average molecular weight is 390 g/mol. The van der Waals surface area contributed by atoms with E-state index in [1.54, 1.807) is 59.3 Å². The van der Waals surface area contributed by atoms with Crippen LogP contribution in [0.3, 0.4) is 0 Å². The summed E-state index contributed by atoms with van der Waals surface area (Å²) in [6, 6.07) is 17.6. The van der Waals surface area contributed by atoms with Crippen LogP contribution in [0.1, 0.15) is 6.42 Å². The number of fused-ring (bicyclic) bond motifs is 1. The Labute approximate surface area is 166 Å². The number of aromatic nitrogens is 2. The van der Waals surface area contributed by atoms with Crippen LogP contribution in [0.15, 0.2) is 65.6 Å². The molecule has 8 nitrogen and oxygen atoms in total. The molecule has 0 aliphatic carbocycles. The molecule has 1 amide bonds. The lowest BCUT2D eigenvalue weighted by atomic mass is 10.2. The maximum absolute atomic E-state index is 12.4. The first-order chi connectivity index (χ1) is 14.1. The third-order valence-corrected chi connectivity index (χ3v) is 4.24. The van der Waals surface area contributed by atoms with Gasteiger partial charge in [-0.05, 0) is 24.3 Å². The first kappa shape index (κ1) is 19.8. The number of nitrogens with zero attached hydrogens (tertiary/aromatic N) is 4. The van der Waals surface area contributed by atoms with E-state index >= 15 is 0 Å². The highest BCUT2D eigenvalue weighted by molar-refractivity contribution is 5.95. The van der Waals surface area contributed by atoms with Crippen LogP contribution >= 0.6 is 0 Å². The summed E-state index contributed by atoms with van der Waals surface area (Å²) < 4.78 is 6.62. The molecule has 29 heavy (non-hydrogen) atoms. The van der Waals surface area contributed by atoms with Crippen molar-refractivity contribution in [1.82, 2.24) is 9.78 Å². The molecule has 8 heteroatoms. The molecule has 0 N–H and O–H groups in total. The summed E-state index contributed by atoms with van der Waals surface area (Å²) in [5.74, 6) is -1.06. The fraction of sp³-hybridized carbons (Fsp3) is 0.190. The molecule has 0 aliphatic rings. The van der Waals surface area contributed by atoms with Crippen LogP contribution < -0.4 is 10.3 Å². The number of para-hydroxylation sites is 2. The van der Waals surface area contributed by atoms with Crippen LogP contribution in [0.5, 0.6) is 0 Å². The lowest BCUT2D eigenvalue weighted by molar-refractivity contribution is -0.148. The number of ether oxygens (including phenoxy) is 1. The summed E-state index contributed by atoms with van der Waals surface area (Å²) in [6.45, 7) is -0.407. The highest BCUT2D eigenvalue weighted by Gasteiger charge is 2.17. The number of aryl methyl sites for hydroxylation is 1. The molecule has 0 bridgehead atoms. The molecule has 0 radical (unpaired) electrons. The van der Waals surface area contributed by atoms with Gasteiger partial charge in [0.25, 0.3) is 5.91 Å². The van der Waals surface area contributed by atoms with Crippen molar-refractivity contribution in [1.29, 1.82) is 5.26 Å². The molecule has 0 spiro atoms. The molecule has 0 unspecified atom stereocenters. The van der Waals surface area contributed by atoms with Crippen molar-refractivity contribution >= 4 is 28.5 Å². The quantitative estimate of drug-likeness (QED) is 0.451. The van der Waals surface area contributed by atoms with E-state index in [9.17, 15) is 14.4 Å². The van der Waals surface area contributed by atoms with E-state index in [1.165, 1.54) is 11.1 Å². The van der Waals surface area contributed by atoms with Crippen molar-refractivity contribution in [2.24, 2.45) is 0 Å². The molecule has 3 aromatic rings. The lowest BCUT2D eigenvalue weighted by Gasteiger charge is -2.19. The van der Waals surface area contributed by atoms with Gasteiger partial charge in [-0.1, -0.05) is 30.3 Å². The Morgan fingerprint density at radius 1 is 1.10 bits per heavy atom. The van der Waals surface area contributed by atoms with Gasteiger partial charge in [-0.2, -0.15) is 10.4 Å². The first-order valence-corrected chi connectivity index (χ1v) is 8.93. The molecule has 0 atom stereocenters. The van der Waals surface area contributed by atoms with Crippen molar-refractivity contribution in [3.8, 4) is 6.07 Å². The van der Waals surface area contributed by atoms with Gasteiger partial charge in [0, 0.05) is 11.1 Å². The van der Waals surface area contributed by atoms with Gasteiger partial charge in [0.2, 0.25) is 5.43 Å². The van der Waals surface area contributed by atoms with Crippen molar-refractivity contribution in [3.63, 3.8) is 0 Å². The number of hydrogen-bond acceptors (Lipinski definition) is 6. The minimum atomic E-state index is -0.576. The Kier molecular flexibility index (Phi) is 6.32. The molecule has 1 heterocycles. The van der Waals surface area contributed by atoms with E-state index in [0.717, 1.165) is 0 Å². The molecule has 3 rings (SSSR count). The molecule has 146 valence electrons. The van der Waals surface area contributed by atoms with Gasteiger partial charge in [0.1, 0.15) is 6.54 Å². The summed E-state index contributed by atoms with van der Waals surface area (Å²) in [7, 11) is 0. The Morgan fingerprint density at radius 3 is 2.59 bits per heavy atom. The SMILES string of the molecule is N#CCN(C(=O)COC(=O)CCn1ncc(=O)c2ccccc21)c1ccccc1. The zero-order chi connectivity index (χ0) is 20.6. The molecular formula is C21H18N4O4. The number of nitriles is 1. The van der Waals surface area contributed by atoms with E-state index in [2.05, 4.69) is 5.10 Å². The van der Waals surface area contributed by atoms with Gasteiger partial charge in [-0.25, -0.2) is 0 Å². The molecule has 2 aromatic carbocycles. The summed E-state index contributed by atoms with van der Waals surface area (Å²) in [5, 5.41) is 13.5. The van der Waals surface area contributed by atoms with E-state index in [0.29, 0.717) is 16.6 Å². The summed E-state index contributed by atoms with van der Waals surface area (Å²) in [6.07, 6.45) is 1.19. The van der Waals surface area contributed by atoms with Crippen molar-refractivity contribution in [2.75, 3.05) is 18.1 Å². The Bertz CT molecular complexity index is 1120. The van der Waals surface area contributed by atoms with Crippen molar-refractivity contribution in [2.45, 2.75) is 13.0 Å². The third-order valence-electron chi connectivity index (χ3n) is 4.24. The molecule has 0 aliphatic heterocycles. The summed E-state index contributed by atoms with van der Waals surface area (Å²) >= 11 is 0. The number of carbonyl (C=O) groups excluding carboxylic acids is 2. The predicted molar refractivity (Wildman–Crippen MR) is 106 cm³/mol. The molecule has 1 aromatic heterocycles. The number of rotatable bonds is 7. The third kappa shape index (κ3) is 4.84. The first-order valence-electron chi connectivity index (χ1n) is 8.93. The maximum atomic E-state index is 12.4. The van der Waals surface area contributed by atoms with Gasteiger partial charge in [-0.15, -0.1) is 0 Å². The fourth-order valence-corrected chi connectivity index (χ4v) is 2.83. The molecular weight excluding hydrogens is 372 g/mol. The largest absolute Gasteiger partial charge is 0.455 e. The number of hydrogen-bond donors (Lipinski definition) is 0. The second-order valence-electron chi connectivity index (χ2n) is 6.13. The Balaban J connectivity index is 1.59. The lowest BCUT2D eigenvalue weighted by Crippen LogP contribution is -2.35. The smallest absolute Gasteiger partial charge is 0.308 e. The molecule has 0 saturated carbocycles. The van der Waals surface area contributed by atoms with Crippen LogP contribution in [-0.2, 0) is 20.9 Å². The predicted octanol–water partition coefficient (Wildman–Crippen LogP) is 1.89.